The molecule has 0 bridgehead atoms. The van der Waals surface area contributed by atoms with E-state index in [-0.39, 0.29) is 18.7 Å². The number of carboxylic acid groups (broad SMARTS) is 1. The number of hydrogen-bond acceptors (Lipinski definition) is 3. The first kappa shape index (κ1) is 15.4. The highest BCUT2D eigenvalue weighted by molar-refractivity contribution is 7.89. The zero-order valence-electron chi connectivity index (χ0n) is 11.0. The fourth-order valence-corrected chi connectivity index (χ4v) is 3.65. The van der Waals surface area contributed by atoms with Gasteiger partial charge < -0.3 is 5.11 Å². The molecule has 0 aromatic rings. The van der Waals surface area contributed by atoms with Crippen LogP contribution in [0.15, 0.2) is 0 Å². The van der Waals surface area contributed by atoms with E-state index in [1.807, 2.05) is 0 Å². The smallest absolute Gasteiger partial charge is 0.304 e. The Hall–Kier alpha value is -0.620. The van der Waals surface area contributed by atoms with Crippen molar-refractivity contribution in [2.24, 2.45) is 5.92 Å². The van der Waals surface area contributed by atoms with Crippen LogP contribution in [-0.2, 0) is 14.8 Å². The van der Waals surface area contributed by atoms with Gasteiger partial charge >= 0.3 is 5.97 Å². The molecule has 1 N–H and O–H groups in total. The molecule has 18 heavy (non-hydrogen) atoms. The molecular formula is C12H23NO4S. The van der Waals surface area contributed by atoms with E-state index in [9.17, 15) is 13.2 Å². The van der Waals surface area contributed by atoms with Crippen LogP contribution in [0.1, 0.15) is 44.9 Å². The van der Waals surface area contributed by atoms with Crippen LogP contribution in [0.25, 0.3) is 0 Å². The Morgan fingerprint density at radius 3 is 2.44 bits per heavy atom. The third-order valence-electron chi connectivity index (χ3n) is 3.62. The Kier molecular flexibility index (Phi) is 6.08. The quantitative estimate of drug-likeness (QED) is 0.768. The Labute approximate surface area is 109 Å². The van der Waals surface area contributed by atoms with Crippen molar-refractivity contribution in [1.29, 1.82) is 0 Å². The summed E-state index contributed by atoms with van der Waals surface area (Å²) in [6.45, 7) is 0.0579. The SMILES string of the molecule is CN(CCC(=O)O)S(=O)(=O)CCC1CCCCC1. The number of hydrogen-bond donors (Lipinski definition) is 1. The molecule has 0 saturated heterocycles. The monoisotopic (exact) mass is 277 g/mol. The van der Waals surface area contributed by atoms with Gasteiger partial charge in [0, 0.05) is 13.6 Å². The third-order valence-corrected chi connectivity index (χ3v) is 5.51. The predicted octanol–water partition coefficient (Wildman–Crippen LogP) is 1.69. The molecule has 1 aliphatic rings. The van der Waals surface area contributed by atoms with Gasteiger partial charge in [0.2, 0.25) is 10.0 Å². The second-order valence-electron chi connectivity index (χ2n) is 5.07. The van der Waals surface area contributed by atoms with Crippen molar-refractivity contribution in [2.45, 2.75) is 44.9 Å². The third kappa shape index (κ3) is 5.35. The van der Waals surface area contributed by atoms with Gasteiger partial charge in [0.1, 0.15) is 0 Å². The number of carboxylic acids is 1. The normalized spacial score (nSPS) is 18.1. The number of aliphatic carboxylic acids is 1. The van der Waals surface area contributed by atoms with E-state index < -0.39 is 16.0 Å². The van der Waals surface area contributed by atoms with Crippen LogP contribution in [0, 0.1) is 5.92 Å². The summed E-state index contributed by atoms with van der Waals surface area (Å²) in [5.41, 5.74) is 0. The van der Waals surface area contributed by atoms with Crippen LogP contribution in [0.3, 0.4) is 0 Å². The maximum Gasteiger partial charge on any atom is 0.304 e. The minimum atomic E-state index is -3.29. The molecular weight excluding hydrogens is 254 g/mol. The lowest BCUT2D eigenvalue weighted by Crippen LogP contribution is -2.32. The van der Waals surface area contributed by atoms with Crippen LogP contribution >= 0.6 is 0 Å². The van der Waals surface area contributed by atoms with Crippen molar-refractivity contribution in [3.8, 4) is 0 Å². The van der Waals surface area contributed by atoms with Crippen LogP contribution in [0.4, 0.5) is 0 Å². The van der Waals surface area contributed by atoms with Gasteiger partial charge in [-0.1, -0.05) is 32.1 Å². The zero-order chi connectivity index (χ0) is 13.6. The standard InChI is InChI=1S/C12H23NO4S/c1-13(9-7-12(14)15)18(16,17)10-8-11-5-3-2-4-6-11/h11H,2-10H2,1H3,(H,14,15). The Balaban J connectivity index is 2.35. The van der Waals surface area contributed by atoms with Crippen molar-refractivity contribution >= 4 is 16.0 Å². The largest absolute Gasteiger partial charge is 0.481 e. The summed E-state index contributed by atoms with van der Waals surface area (Å²) in [5, 5.41) is 8.54. The molecule has 0 aliphatic heterocycles. The van der Waals surface area contributed by atoms with Gasteiger partial charge in [-0.2, -0.15) is 0 Å². The van der Waals surface area contributed by atoms with Gasteiger partial charge in [-0.25, -0.2) is 12.7 Å². The van der Waals surface area contributed by atoms with Gasteiger partial charge in [0.15, 0.2) is 0 Å². The maximum atomic E-state index is 11.9. The van der Waals surface area contributed by atoms with Crippen molar-refractivity contribution < 1.29 is 18.3 Å². The molecule has 0 unspecified atom stereocenters. The van der Waals surface area contributed by atoms with E-state index in [2.05, 4.69) is 0 Å². The number of sulfonamides is 1. The van der Waals surface area contributed by atoms with E-state index in [0.717, 1.165) is 12.8 Å². The Morgan fingerprint density at radius 2 is 1.89 bits per heavy atom. The van der Waals surface area contributed by atoms with Crippen molar-refractivity contribution in [2.75, 3.05) is 19.3 Å². The molecule has 1 fully saturated rings. The number of carbonyl (C=O) groups is 1. The lowest BCUT2D eigenvalue weighted by Gasteiger charge is -2.23. The van der Waals surface area contributed by atoms with E-state index in [1.54, 1.807) is 0 Å². The van der Waals surface area contributed by atoms with Gasteiger partial charge in [-0.05, 0) is 12.3 Å². The van der Waals surface area contributed by atoms with Crippen LogP contribution < -0.4 is 0 Å². The number of nitrogens with zero attached hydrogens (tertiary/aromatic N) is 1. The highest BCUT2D eigenvalue weighted by Crippen LogP contribution is 2.26. The van der Waals surface area contributed by atoms with Gasteiger partial charge in [-0.15, -0.1) is 0 Å². The fraction of sp³-hybridized carbons (Fsp3) is 0.917. The van der Waals surface area contributed by atoms with E-state index in [1.165, 1.54) is 30.6 Å². The Morgan fingerprint density at radius 1 is 1.28 bits per heavy atom. The van der Waals surface area contributed by atoms with Crippen molar-refractivity contribution in [3.05, 3.63) is 0 Å². The summed E-state index contributed by atoms with van der Waals surface area (Å²) in [6, 6.07) is 0. The molecule has 0 aromatic heterocycles. The highest BCUT2D eigenvalue weighted by Gasteiger charge is 2.21. The van der Waals surface area contributed by atoms with E-state index >= 15 is 0 Å². The second-order valence-corrected chi connectivity index (χ2v) is 7.27. The minimum absolute atomic E-state index is 0.0579. The van der Waals surface area contributed by atoms with Crippen LogP contribution in [0.2, 0.25) is 0 Å². The summed E-state index contributed by atoms with van der Waals surface area (Å²) in [6.07, 6.45) is 6.52. The lowest BCUT2D eigenvalue weighted by atomic mass is 9.88. The first-order chi connectivity index (χ1) is 8.42. The number of rotatable bonds is 7. The molecule has 0 amide bonds. The molecule has 5 nitrogen and oxygen atoms in total. The molecule has 106 valence electrons. The van der Waals surface area contributed by atoms with Gasteiger partial charge in [0.05, 0.1) is 12.2 Å². The second kappa shape index (κ2) is 7.09. The van der Waals surface area contributed by atoms with Crippen LogP contribution in [0.5, 0.6) is 0 Å². The maximum absolute atomic E-state index is 11.9. The fourth-order valence-electron chi connectivity index (χ4n) is 2.34. The average Bonchev–Trinajstić information content (AvgIpc) is 2.34. The summed E-state index contributed by atoms with van der Waals surface area (Å²) < 4.78 is 25.0. The summed E-state index contributed by atoms with van der Waals surface area (Å²) in [4.78, 5) is 10.4. The summed E-state index contributed by atoms with van der Waals surface area (Å²) >= 11 is 0. The molecule has 0 spiro atoms. The Bertz CT molecular complexity index is 360. The zero-order valence-corrected chi connectivity index (χ0v) is 11.8. The van der Waals surface area contributed by atoms with Gasteiger partial charge in [-0.3, -0.25) is 4.79 Å². The molecule has 0 heterocycles. The minimum Gasteiger partial charge on any atom is -0.481 e. The van der Waals surface area contributed by atoms with Crippen molar-refractivity contribution in [3.63, 3.8) is 0 Å². The first-order valence-electron chi connectivity index (χ1n) is 6.57. The average molecular weight is 277 g/mol. The molecule has 1 saturated carbocycles. The molecule has 0 atom stereocenters. The van der Waals surface area contributed by atoms with E-state index in [4.69, 9.17) is 5.11 Å². The van der Waals surface area contributed by atoms with Crippen molar-refractivity contribution in [1.82, 2.24) is 4.31 Å². The van der Waals surface area contributed by atoms with Gasteiger partial charge in [0.25, 0.3) is 0 Å². The molecule has 0 aromatic carbocycles. The molecule has 0 radical (unpaired) electrons. The molecule has 1 rings (SSSR count). The highest BCUT2D eigenvalue weighted by atomic mass is 32.2. The molecule has 6 heteroatoms. The molecule has 1 aliphatic carbocycles. The van der Waals surface area contributed by atoms with Crippen LogP contribution in [-0.4, -0.2) is 43.1 Å². The summed E-state index contributed by atoms with van der Waals surface area (Å²) in [5.74, 6) is -0.293. The summed E-state index contributed by atoms with van der Waals surface area (Å²) in [7, 11) is -1.83. The topological polar surface area (TPSA) is 74.7 Å². The lowest BCUT2D eigenvalue weighted by molar-refractivity contribution is -0.137. The predicted molar refractivity (Wildman–Crippen MR) is 69.9 cm³/mol. The first-order valence-corrected chi connectivity index (χ1v) is 8.18. The van der Waals surface area contributed by atoms with E-state index in [0.29, 0.717) is 12.3 Å².